The van der Waals surface area contributed by atoms with E-state index in [1.54, 1.807) is 0 Å². The normalized spacial score (nSPS) is 16.3. The second-order valence-corrected chi connectivity index (χ2v) is 2.26. The molecule has 0 saturated carbocycles. The minimum Gasteiger partial charge on any atom is -0.478 e. The van der Waals surface area contributed by atoms with E-state index in [9.17, 15) is 14.9 Å². The third kappa shape index (κ3) is 1.69. The minimum atomic E-state index is -1.15. The topological polar surface area (TPSA) is 80.4 Å². The lowest BCUT2D eigenvalue weighted by atomic mass is 10.1. The van der Waals surface area contributed by atoms with Crippen LogP contribution < -0.4 is 0 Å². The highest BCUT2D eigenvalue weighted by Gasteiger charge is 2.18. The second kappa shape index (κ2) is 3.17. The summed E-state index contributed by atoms with van der Waals surface area (Å²) >= 11 is 0. The van der Waals surface area contributed by atoms with E-state index >= 15 is 0 Å². The summed E-state index contributed by atoms with van der Waals surface area (Å²) in [4.78, 5) is 20.0. The molecular weight excluding hydrogens is 162 g/mol. The molecule has 0 heterocycles. The summed E-state index contributed by atoms with van der Waals surface area (Å²) in [7, 11) is 0. The number of hydrogen-bond donors (Lipinski definition) is 1. The van der Waals surface area contributed by atoms with Gasteiger partial charge in [0.2, 0.25) is 5.70 Å². The van der Waals surface area contributed by atoms with Gasteiger partial charge in [0.15, 0.2) is 0 Å². The van der Waals surface area contributed by atoms with Gasteiger partial charge in [0.1, 0.15) is 0 Å². The lowest BCUT2D eigenvalue weighted by Gasteiger charge is -2.02. The van der Waals surface area contributed by atoms with Crippen molar-refractivity contribution in [1.82, 2.24) is 0 Å². The molecule has 0 atom stereocenters. The maximum Gasteiger partial charge on any atom is 0.335 e. The monoisotopic (exact) mass is 168 g/mol. The van der Waals surface area contributed by atoms with E-state index in [0.717, 1.165) is 6.08 Å². The Morgan fingerprint density at radius 1 is 1.67 bits per heavy atom. The van der Waals surface area contributed by atoms with E-state index in [4.69, 9.17) is 5.11 Å². The van der Waals surface area contributed by atoms with E-state index in [1.165, 1.54) is 12.5 Å². The van der Waals surface area contributed by atoms with Crippen LogP contribution in [0.25, 0.3) is 0 Å². The van der Waals surface area contributed by atoms with Crippen molar-refractivity contribution in [3.8, 4) is 0 Å². The van der Waals surface area contributed by atoms with E-state index in [-0.39, 0.29) is 17.7 Å². The standard InChI is InChI=1S/C7H6NO4/c9-7(10)5-2-1-3-6(4-5)8(11)12/h1-2,4H,3H2,(H,9,10). The number of aliphatic carboxylic acids is 1. The molecule has 5 nitrogen and oxygen atoms in total. The number of rotatable bonds is 2. The Morgan fingerprint density at radius 2 is 2.33 bits per heavy atom. The highest BCUT2D eigenvalue weighted by molar-refractivity contribution is 5.90. The van der Waals surface area contributed by atoms with E-state index < -0.39 is 10.9 Å². The summed E-state index contributed by atoms with van der Waals surface area (Å²) in [6.45, 7) is 0. The molecular formula is C7H6NO4. The van der Waals surface area contributed by atoms with Crippen molar-refractivity contribution >= 4 is 5.97 Å². The zero-order chi connectivity index (χ0) is 9.14. The lowest BCUT2D eigenvalue weighted by molar-refractivity contribution is -0.427. The first-order valence-corrected chi connectivity index (χ1v) is 3.23. The Morgan fingerprint density at radius 3 is 2.83 bits per heavy atom. The molecule has 1 aliphatic carbocycles. The average Bonchev–Trinajstić information content (AvgIpc) is 2.04. The Labute approximate surface area is 68.2 Å². The third-order valence-electron chi connectivity index (χ3n) is 1.43. The Bertz CT molecular complexity index is 290. The minimum absolute atomic E-state index is 0.0482. The van der Waals surface area contributed by atoms with Crippen LogP contribution in [0.15, 0.2) is 23.4 Å². The molecule has 1 N–H and O–H groups in total. The lowest BCUT2D eigenvalue weighted by Crippen LogP contribution is -2.07. The smallest absolute Gasteiger partial charge is 0.335 e. The van der Waals surface area contributed by atoms with Gasteiger partial charge in [-0.3, -0.25) is 10.1 Å². The van der Waals surface area contributed by atoms with Gasteiger partial charge < -0.3 is 5.11 Å². The Balaban J connectivity index is 2.88. The van der Waals surface area contributed by atoms with Gasteiger partial charge in [-0.2, -0.15) is 0 Å². The van der Waals surface area contributed by atoms with E-state index in [0.29, 0.717) is 0 Å². The molecule has 0 aromatic carbocycles. The molecule has 63 valence electrons. The highest BCUT2D eigenvalue weighted by atomic mass is 16.6. The largest absolute Gasteiger partial charge is 0.478 e. The van der Waals surface area contributed by atoms with Crippen molar-refractivity contribution in [2.24, 2.45) is 0 Å². The summed E-state index contributed by atoms with van der Waals surface area (Å²) in [5, 5.41) is 18.7. The fourth-order valence-electron chi connectivity index (χ4n) is 0.853. The summed E-state index contributed by atoms with van der Waals surface area (Å²) < 4.78 is 0. The molecule has 0 unspecified atom stereocenters. The number of nitrogens with zero attached hydrogens (tertiary/aromatic N) is 1. The maximum absolute atomic E-state index is 10.4. The molecule has 0 saturated heterocycles. The van der Waals surface area contributed by atoms with E-state index in [1.807, 2.05) is 0 Å². The number of allylic oxidation sites excluding steroid dienone is 2. The fraction of sp³-hybridized carbons (Fsp3) is 0.143. The number of hydrogen-bond acceptors (Lipinski definition) is 3. The van der Waals surface area contributed by atoms with Crippen LogP contribution in [0.2, 0.25) is 0 Å². The summed E-state index contributed by atoms with van der Waals surface area (Å²) in [6, 6.07) is 0. The molecule has 1 rings (SSSR count). The predicted molar refractivity (Wildman–Crippen MR) is 39.7 cm³/mol. The summed E-state index contributed by atoms with van der Waals surface area (Å²) in [5.41, 5.74) is -0.136. The van der Waals surface area contributed by atoms with Gasteiger partial charge in [-0.15, -0.1) is 0 Å². The SMILES string of the molecule is O=C(O)C1=C[CH]CC([N+](=O)[O-])=C1. The molecule has 0 amide bonds. The molecule has 5 heteroatoms. The van der Waals surface area contributed by atoms with Gasteiger partial charge in [0.25, 0.3) is 0 Å². The molecule has 1 aliphatic rings. The molecule has 0 bridgehead atoms. The first-order chi connectivity index (χ1) is 5.61. The van der Waals surface area contributed by atoms with Crippen LogP contribution in [0.1, 0.15) is 6.42 Å². The van der Waals surface area contributed by atoms with Crippen LogP contribution in [0.4, 0.5) is 0 Å². The van der Waals surface area contributed by atoms with Gasteiger partial charge in [0.05, 0.1) is 10.5 Å². The molecule has 0 aromatic heterocycles. The van der Waals surface area contributed by atoms with Gasteiger partial charge >= 0.3 is 5.97 Å². The molecule has 0 fully saturated rings. The van der Waals surface area contributed by atoms with Crippen molar-refractivity contribution in [2.75, 3.05) is 0 Å². The average molecular weight is 168 g/mol. The molecule has 12 heavy (non-hydrogen) atoms. The fourth-order valence-corrected chi connectivity index (χ4v) is 0.853. The molecule has 0 spiro atoms. The quantitative estimate of drug-likeness (QED) is 0.487. The molecule has 0 aromatic rings. The van der Waals surface area contributed by atoms with Crippen LogP contribution in [-0.4, -0.2) is 16.0 Å². The van der Waals surface area contributed by atoms with Crippen LogP contribution >= 0.6 is 0 Å². The van der Waals surface area contributed by atoms with E-state index in [2.05, 4.69) is 0 Å². The van der Waals surface area contributed by atoms with Gasteiger partial charge in [-0.05, 0) is 6.42 Å². The van der Waals surface area contributed by atoms with Crippen molar-refractivity contribution in [3.63, 3.8) is 0 Å². The predicted octanol–water partition coefficient (Wildman–Crippen LogP) is 0.766. The second-order valence-electron chi connectivity index (χ2n) is 2.26. The van der Waals surface area contributed by atoms with Gasteiger partial charge in [0, 0.05) is 12.5 Å². The number of nitro groups is 1. The Hall–Kier alpha value is -1.65. The van der Waals surface area contributed by atoms with Crippen LogP contribution in [0.5, 0.6) is 0 Å². The zero-order valence-corrected chi connectivity index (χ0v) is 6.06. The van der Waals surface area contributed by atoms with Gasteiger partial charge in [-0.1, -0.05) is 6.08 Å². The van der Waals surface area contributed by atoms with Crippen LogP contribution in [0.3, 0.4) is 0 Å². The van der Waals surface area contributed by atoms with Crippen molar-refractivity contribution in [1.29, 1.82) is 0 Å². The number of carbonyl (C=O) groups is 1. The van der Waals surface area contributed by atoms with Crippen molar-refractivity contribution in [3.05, 3.63) is 40.0 Å². The van der Waals surface area contributed by atoms with Crippen LogP contribution in [0, 0.1) is 16.5 Å². The van der Waals surface area contributed by atoms with Crippen molar-refractivity contribution in [2.45, 2.75) is 6.42 Å². The molecule has 1 radical (unpaired) electrons. The Kier molecular flexibility index (Phi) is 2.23. The third-order valence-corrected chi connectivity index (χ3v) is 1.43. The molecule has 0 aliphatic heterocycles. The first kappa shape index (κ1) is 8.45. The summed E-state index contributed by atoms with van der Waals surface area (Å²) in [5.74, 6) is -1.15. The zero-order valence-electron chi connectivity index (χ0n) is 6.06. The number of carboxylic acid groups (broad SMARTS) is 1. The summed E-state index contributed by atoms with van der Waals surface area (Å²) in [6.07, 6.45) is 4.07. The van der Waals surface area contributed by atoms with Gasteiger partial charge in [-0.25, -0.2) is 4.79 Å². The highest BCUT2D eigenvalue weighted by Crippen LogP contribution is 2.16. The van der Waals surface area contributed by atoms with Crippen molar-refractivity contribution < 1.29 is 14.8 Å². The maximum atomic E-state index is 10.4. The first-order valence-electron chi connectivity index (χ1n) is 3.23. The number of carboxylic acids is 1. The van der Waals surface area contributed by atoms with Crippen LogP contribution in [-0.2, 0) is 4.79 Å².